The van der Waals surface area contributed by atoms with Crippen molar-refractivity contribution in [2.75, 3.05) is 12.4 Å². The minimum atomic E-state index is -0.308. The van der Waals surface area contributed by atoms with Gasteiger partial charge in [-0.2, -0.15) is 0 Å². The average Bonchev–Trinajstić information content (AvgIpc) is 3.07. The van der Waals surface area contributed by atoms with Gasteiger partial charge in [0, 0.05) is 25.1 Å². The molecule has 0 aliphatic carbocycles. The molecule has 1 N–H and O–H groups in total. The first kappa shape index (κ1) is 21.7. The zero-order valence-corrected chi connectivity index (χ0v) is 18.4. The van der Waals surface area contributed by atoms with E-state index in [2.05, 4.69) is 15.0 Å². The highest BCUT2D eigenvalue weighted by molar-refractivity contribution is 7.20. The summed E-state index contributed by atoms with van der Waals surface area (Å²) in [7, 11) is 1.35. The lowest BCUT2D eigenvalue weighted by molar-refractivity contribution is -0.140. The molecule has 0 aliphatic heterocycles. The molecule has 0 unspecified atom stereocenters. The average molecular weight is 428 g/mol. The molecule has 0 aliphatic rings. The summed E-state index contributed by atoms with van der Waals surface area (Å²) in [5.41, 5.74) is 2.15. The molecule has 0 atom stereocenters. The van der Waals surface area contributed by atoms with Crippen LogP contribution >= 0.6 is 11.3 Å². The first-order valence-electron chi connectivity index (χ1n) is 9.84. The molecule has 2 heterocycles. The molecule has 7 nitrogen and oxygen atoms in total. The molecule has 8 heteroatoms. The Hall–Kier alpha value is -3.00. The van der Waals surface area contributed by atoms with E-state index in [1.807, 2.05) is 38.1 Å². The predicted molar refractivity (Wildman–Crippen MR) is 118 cm³/mol. The Kier molecular flexibility index (Phi) is 6.66. The van der Waals surface area contributed by atoms with Crippen LogP contribution < -0.4 is 10.9 Å². The summed E-state index contributed by atoms with van der Waals surface area (Å²) in [5, 5.41) is 3.39. The molecular weight excluding hydrogens is 402 g/mol. The molecule has 0 saturated heterocycles. The van der Waals surface area contributed by atoms with Crippen LogP contribution in [0.1, 0.15) is 46.4 Å². The van der Waals surface area contributed by atoms with E-state index in [9.17, 15) is 14.4 Å². The van der Waals surface area contributed by atoms with Crippen molar-refractivity contribution in [2.24, 2.45) is 0 Å². The number of nitrogens with zero attached hydrogens (tertiary/aromatic N) is 2. The second-order valence-electron chi connectivity index (χ2n) is 7.02. The van der Waals surface area contributed by atoms with Crippen LogP contribution in [0.15, 0.2) is 29.1 Å². The second kappa shape index (κ2) is 9.21. The van der Waals surface area contributed by atoms with E-state index in [-0.39, 0.29) is 23.9 Å². The van der Waals surface area contributed by atoms with E-state index in [0.717, 1.165) is 11.3 Å². The van der Waals surface area contributed by atoms with Gasteiger partial charge in [0.05, 0.1) is 17.4 Å². The number of thiophene rings is 1. The van der Waals surface area contributed by atoms with E-state index in [4.69, 9.17) is 0 Å². The summed E-state index contributed by atoms with van der Waals surface area (Å²) in [6, 6.07) is 7.55. The van der Waals surface area contributed by atoms with Gasteiger partial charge in [-0.25, -0.2) is 4.98 Å². The topological polar surface area (TPSA) is 90.3 Å². The maximum absolute atomic E-state index is 13.2. The van der Waals surface area contributed by atoms with E-state index in [0.29, 0.717) is 45.9 Å². The van der Waals surface area contributed by atoms with Gasteiger partial charge >= 0.3 is 5.97 Å². The zero-order chi connectivity index (χ0) is 21.8. The van der Waals surface area contributed by atoms with E-state index >= 15 is 0 Å². The number of hydrogen-bond donors (Lipinski definition) is 1. The highest BCUT2D eigenvalue weighted by Gasteiger charge is 2.21. The highest BCUT2D eigenvalue weighted by atomic mass is 32.1. The molecule has 0 saturated carbocycles. The lowest BCUT2D eigenvalue weighted by Crippen LogP contribution is -2.25. The zero-order valence-electron chi connectivity index (χ0n) is 17.6. The molecule has 1 aromatic carbocycles. The summed E-state index contributed by atoms with van der Waals surface area (Å²) in [6.45, 7) is 6.01. The molecule has 3 rings (SSSR count). The molecule has 158 valence electrons. The van der Waals surface area contributed by atoms with Gasteiger partial charge in [-0.15, -0.1) is 11.3 Å². The molecule has 0 spiro atoms. The van der Waals surface area contributed by atoms with Crippen LogP contribution in [0.2, 0.25) is 0 Å². The molecule has 0 fully saturated rings. The first-order valence-corrected chi connectivity index (χ1v) is 10.7. The Morgan fingerprint density at radius 1 is 1.23 bits per heavy atom. The summed E-state index contributed by atoms with van der Waals surface area (Å²) in [6.07, 6.45) is 1.29. The van der Waals surface area contributed by atoms with Crippen LogP contribution in [0, 0.1) is 13.8 Å². The molecular formula is C22H25N3O4S. The van der Waals surface area contributed by atoms with Crippen molar-refractivity contribution in [2.45, 2.75) is 46.6 Å². The number of amides is 1. The summed E-state index contributed by atoms with van der Waals surface area (Å²) in [5.74, 6) is 0.0842. The van der Waals surface area contributed by atoms with Gasteiger partial charge < -0.3 is 10.1 Å². The van der Waals surface area contributed by atoms with Crippen molar-refractivity contribution in [1.82, 2.24) is 9.55 Å². The minimum absolute atomic E-state index is 0.176. The van der Waals surface area contributed by atoms with Crippen LogP contribution in [-0.4, -0.2) is 28.5 Å². The number of para-hydroxylation sites is 1. The number of benzene rings is 1. The first-order chi connectivity index (χ1) is 14.4. The third kappa shape index (κ3) is 4.28. The summed E-state index contributed by atoms with van der Waals surface area (Å²) in [4.78, 5) is 43.2. The van der Waals surface area contributed by atoms with Crippen LogP contribution in [0.4, 0.5) is 5.69 Å². The molecule has 3 aromatic rings. The van der Waals surface area contributed by atoms with Crippen molar-refractivity contribution < 1.29 is 14.3 Å². The third-order valence-electron chi connectivity index (χ3n) is 5.04. The van der Waals surface area contributed by atoms with Crippen molar-refractivity contribution in [1.29, 1.82) is 0 Å². The molecule has 0 bridgehead atoms. The quantitative estimate of drug-likeness (QED) is 0.579. The van der Waals surface area contributed by atoms with Crippen molar-refractivity contribution in [3.05, 3.63) is 56.4 Å². The van der Waals surface area contributed by atoms with Crippen molar-refractivity contribution >= 4 is 39.1 Å². The van der Waals surface area contributed by atoms with E-state index in [1.165, 1.54) is 18.4 Å². The highest BCUT2D eigenvalue weighted by Crippen LogP contribution is 2.29. The number of methoxy groups -OCH3 is 1. The van der Waals surface area contributed by atoms with E-state index < -0.39 is 0 Å². The Morgan fingerprint density at radius 2 is 1.97 bits per heavy atom. The maximum Gasteiger partial charge on any atom is 0.305 e. The Balaban J connectivity index is 1.97. The number of carbonyl (C=O) groups excluding carboxylic acids is 2. The van der Waals surface area contributed by atoms with Gasteiger partial charge in [0.15, 0.2) is 0 Å². The van der Waals surface area contributed by atoms with Gasteiger partial charge in [-0.1, -0.05) is 25.1 Å². The smallest absolute Gasteiger partial charge is 0.305 e. The fourth-order valence-corrected chi connectivity index (χ4v) is 4.44. The monoisotopic (exact) mass is 427 g/mol. The van der Waals surface area contributed by atoms with Crippen LogP contribution in [0.5, 0.6) is 0 Å². The number of hydrogen-bond acceptors (Lipinski definition) is 6. The Morgan fingerprint density at radius 3 is 2.63 bits per heavy atom. The van der Waals surface area contributed by atoms with Crippen molar-refractivity contribution in [3.63, 3.8) is 0 Å². The standard InChI is InChI=1S/C22H25N3O4S/c1-5-16-24-21-18(22(28)25(16)12-8-11-17(26)29-4)14(3)19(30-21)20(27)23-15-10-7-6-9-13(15)2/h6-7,9-10H,5,8,11-12H2,1-4H3,(H,23,27). The van der Waals surface area contributed by atoms with Crippen molar-refractivity contribution in [3.8, 4) is 0 Å². The predicted octanol–water partition coefficient (Wildman–Crippen LogP) is 3.84. The van der Waals surface area contributed by atoms with Gasteiger partial charge in [0.2, 0.25) is 0 Å². The number of esters is 1. The lowest BCUT2D eigenvalue weighted by atomic mass is 10.1. The van der Waals surface area contributed by atoms with E-state index in [1.54, 1.807) is 11.5 Å². The lowest BCUT2D eigenvalue weighted by Gasteiger charge is -2.11. The minimum Gasteiger partial charge on any atom is -0.469 e. The third-order valence-corrected chi connectivity index (χ3v) is 6.22. The summed E-state index contributed by atoms with van der Waals surface area (Å²) < 4.78 is 6.27. The Labute approximate surface area is 178 Å². The van der Waals surface area contributed by atoms with Gasteiger partial charge in [0.25, 0.3) is 11.5 Å². The van der Waals surface area contributed by atoms with Gasteiger partial charge in [-0.3, -0.25) is 19.0 Å². The number of aryl methyl sites for hydroxylation is 3. The number of nitrogens with one attached hydrogen (secondary N) is 1. The van der Waals surface area contributed by atoms with Crippen LogP contribution in [-0.2, 0) is 22.5 Å². The fourth-order valence-electron chi connectivity index (χ4n) is 3.35. The summed E-state index contributed by atoms with van der Waals surface area (Å²) >= 11 is 1.23. The fraction of sp³-hybridized carbons (Fsp3) is 0.364. The molecule has 30 heavy (non-hydrogen) atoms. The van der Waals surface area contributed by atoms with Gasteiger partial charge in [-0.05, 0) is 37.5 Å². The normalized spacial score (nSPS) is 10.9. The molecule has 2 aromatic heterocycles. The number of fused-ring (bicyclic) bond motifs is 1. The van der Waals surface area contributed by atoms with Crippen LogP contribution in [0.25, 0.3) is 10.2 Å². The Bertz CT molecular complexity index is 1160. The van der Waals surface area contributed by atoms with Gasteiger partial charge in [0.1, 0.15) is 10.7 Å². The number of rotatable bonds is 7. The second-order valence-corrected chi connectivity index (χ2v) is 8.02. The molecule has 0 radical (unpaired) electrons. The number of anilines is 1. The SMILES string of the molecule is CCc1nc2sc(C(=O)Nc3ccccc3C)c(C)c2c(=O)n1CCCC(=O)OC. The number of aromatic nitrogens is 2. The number of carbonyl (C=O) groups is 2. The molecule has 1 amide bonds. The maximum atomic E-state index is 13.2. The largest absolute Gasteiger partial charge is 0.469 e. The number of ether oxygens (including phenoxy) is 1. The van der Waals surface area contributed by atoms with Crippen LogP contribution in [0.3, 0.4) is 0 Å².